The van der Waals surface area contributed by atoms with E-state index in [9.17, 15) is 19.7 Å². The molecule has 0 atom stereocenters. The summed E-state index contributed by atoms with van der Waals surface area (Å²) in [5.74, 6) is -0.567. The summed E-state index contributed by atoms with van der Waals surface area (Å²) >= 11 is 0. The molecule has 0 aromatic heterocycles. The van der Waals surface area contributed by atoms with Crippen LogP contribution >= 0.6 is 0 Å². The second kappa shape index (κ2) is 9.33. The van der Waals surface area contributed by atoms with Gasteiger partial charge in [0.25, 0.3) is 5.91 Å². The second-order valence-corrected chi connectivity index (χ2v) is 6.17. The maximum atomic E-state index is 12.7. The van der Waals surface area contributed by atoms with Crippen LogP contribution in [0.2, 0.25) is 0 Å². The second-order valence-electron chi connectivity index (χ2n) is 6.17. The maximum Gasteiger partial charge on any atom is 0.314 e. The third kappa shape index (κ3) is 4.79. The van der Waals surface area contributed by atoms with Gasteiger partial charge in [-0.3, -0.25) is 19.7 Å². The number of nitro groups is 1. The molecule has 0 unspecified atom stereocenters. The molecule has 0 saturated heterocycles. The lowest BCUT2D eigenvalue weighted by atomic mass is 10.0. The van der Waals surface area contributed by atoms with E-state index >= 15 is 0 Å². The predicted octanol–water partition coefficient (Wildman–Crippen LogP) is 3.85. The number of benzene rings is 3. The molecule has 1 amide bonds. The van der Waals surface area contributed by atoms with Gasteiger partial charge in [0.2, 0.25) is 0 Å². The highest BCUT2D eigenvalue weighted by molar-refractivity contribution is 6.13. The monoisotopic (exact) mass is 406 g/mol. The van der Waals surface area contributed by atoms with Gasteiger partial charge >= 0.3 is 5.69 Å². The van der Waals surface area contributed by atoms with Crippen molar-refractivity contribution in [3.63, 3.8) is 0 Å². The Hall–Kier alpha value is -4.20. The van der Waals surface area contributed by atoms with Crippen LogP contribution in [0.5, 0.6) is 11.5 Å². The fourth-order valence-corrected chi connectivity index (χ4v) is 2.75. The van der Waals surface area contributed by atoms with Crippen molar-refractivity contribution < 1.29 is 24.0 Å². The van der Waals surface area contributed by atoms with Gasteiger partial charge in [0, 0.05) is 11.1 Å². The Morgan fingerprint density at radius 2 is 1.70 bits per heavy atom. The molecule has 0 bridgehead atoms. The van der Waals surface area contributed by atoms with Gasteiger partial charge in [0.15, 0.2) is 18.1 Å². The normalized spacial score (nSPS) is 10.2. The molecule has 0 spiro atoms. The molecule has 0 aliphatic carbocycles. The summed E-state index contributed by atoms with van der Waals surface area (Å²) in [6.45, 7) is -0.471. The van der Waals surface area contributed by atoms with Gasteiger partial charge in [-0.25, -0.2) is 0 Å². The summed E-state index contributed by atoms with van der Waals surface area (Å²) in [6.07, 6.45) is 0. The Labute approximate surface area is 172 Å². The number of carbonyl (C=O) groups is 2. The highest BCUT2D eigenvalue weighted by Crippen LogP contribution is 2.31. The SMILES string of the molecule is COc1ccc(OCC(=O)Nc2ccccc2C(=O)c2ccccc2)c([N+](=O)[O-])c1. The highest BCUT2D eigenvalue weighted by atomic mass is 16.6. The van der Waals surface area contributed by atoms with E-state index in [4.69, 9.17) is 9.47 Å². The Balaban J connectivity index is 1.72. The van der Waals surface area contributed by atoms with Gasteiger partial charge < -0.3 is 14.8 Å². The number of hydrogen-bond donors (Lipinski definition) is 1. The molecule has 1 N–H and O–H groups in total. The van der Waals surface area contributed by atoms with E-state index < -0.39 is 17.4 Å². The summed E-state index contributed by atoms with van der Waals surface area (Å²) in [6, 6.07) is 19.3. The Bertz CT molecular complexity index is 1080. The van der Waals surface area contributed by atoms with Gasteiger partial charge in [0.1, 0.15) is 5.75 Å². The summed E-state index contributed by atoms with van der Waals surface area (Å²) in [7, 11) is 1.39. The minimum atomic E-state index is -0.621. The van der Waals surface area contributed by atoms with Crippen LogP contribution in [0.4, 0.5) is 11.4 Å². The molecule has 0 heterocycles. The Kier molecular flexibility index (Phi) is 6.39. The minimum Gasteiger partial charge on any atom is -0.496 e. The Morgan fingerprint density at radius 3 is 2.40 bits per heavy atom. The maximum absolute atomic E-state index is 12.7. The first-order chi connectivity index (χ1) is 14.5. The third-order valence-electron chi connectivity index (χ3n) is 4.20. The molecule has 152 valence electrons. The molecule has 0 saturated carbocycles. The number of amides is 1. The molecule has 0 radical (unpaired) electrons. The van der Waals surface area contributed by atoms with Crippen molar-refractivity contribution in [3.05, 3.63) is 94.0 Å². The van der Waals surface area contributed by atoms with Crippen molar-refractivity contribution in [2.75, 3.05) is 19.0 Å². The van der Waals surface area contributed by atoms with Crippen molar-refractivity contribution in [1.29, 1.82) is 0 Å². The molecule has 8 heteroatoms. The lowest BCUT2D eigenvalue weighted by Gasteiger charge is -2.11. The van der Waals surface area contributed by atoms with E-state index in [2.05, 4.69) is 5.32 Å². The summed E-state index contributed by atoms with van der Waals surface area (Å²) in [5.41, 5.74) is 0.822. The fraction of sp³-hybridized carbons (Fsp3) is 0.0909. The molecular weight excluding hydrogens is 388 g/mol. The molecule has 3 aromatic carbocycles. The first kappa shape index (κ1) is 20.5. The zero-order valence-corrected chi connectivity index (χ0v) is 16.0. The first-order valence-electron chi connectivity index (χ1n) is 8.93. The van der Waals surface area contributed by atoms with Gasteiger partial charge in [0.05, 0.1) is 23.8 Å². The molecule has 3 aromatic rings. The van der Waals surface area contributed by atoms with E-state index in [1.807, 2.05) is 0 Å². The van der Waals surface area contributed by atoms with Crippen molar-refractivity contribution in [2.45, 2.75) is 0 Å². The summed E-state index contributed by atoms with van der Waals surface area (Å²) in [5, 5.41) is 13.8. The van der Waals surface area contributed by atoms with Crippen molar-refractivity contribution in [2.24, 2.45) is 0 Å². The molecule has 3 rings (SSSR count). The average Bonchev–Trinajstić information content (AvgIpc) is 2.78. The van der Waals surface area contributed by atoms with Gasteiger partial charge in [-0.1, -0.05) is 42.5 Å². The van der Waals surface area contributed by atoms with Crippen LogP contribution in [0.3, 0.4) is 0 Å². The number of rotatable bonds is 8. The van der Waals surface area contributed by atoms with Crippen LogP contribution in [0.25, 0.3) is 0 Å². The lowest BCUT2D eigenvalue weighted by molar-refractivity contribution is -0.385. The van der Waals surface area contributed by atoms with Crippen LogP contribution in [-0.4, -0.2) is 30.3 Å². The van der Waals surface area contributed by atoms with E-state index in [0.717, 1.165) is 0 Å². The number of ether oxygens (including phenoxy) is 2. The zero-order valence-electron chi connectivity index (χ0n) is 16.0. The number of ketones is 1. The van der Waals surface area contributed by atoms with Crippen LogP contribution < -0.4 is 14.8 Å². The molecule has 30 heavy (non-hydrogen) atoms. The minimum absolute atomic E-state index is 0.0652. The van der Waals surface area contributed by atoms with Crippen LogP contribution in [0.15, 0.2) is 72.8 Å². The standard InChI is InChI=1S/C22H18N2O6/c1-29-16-11-12-20(19(13-16)24(27)28)30-14-21(25)23-18-10-6-5-9-17(18)22(26)15-7-3-2-4-8-15/h2-13H,14H2,1H3,(H,23,25). The molecule has 0 fully saturated rings. The van der Waals surface area contributed by atoms with Crippen molar-refractivity contribution in [1.82, 2.24) is 0 Å². The lowest BCUT2D eigenvalue weighted by Crippen LogP contribution is -2.22. The highest BCUT2D eigenvalue weighted by Gasteiger charge is 2.19. The largest absolute Gasteiger partial charge is 0.496 e. The van der Waals surface area contributed by atoms with Crippen LogP contribution in [0, 0.1) is 10.1 Å². The summed E-state index contributed by atoms with van der Waals surface area (Å²) < 4.78 is 10.3. The van der Waals surface area contributed by atoms with Crippen molar-refractivity contribution >= 4 is 23.1 Å². The Morgan fingerprint density at radius 1 is 1.00 bits per heavy atom. The topological polar surface area (TPSA) is 108 Å². The molecule has 0 aliphatic heterocycles. The van der Waals surface area contributed by atoms with Crippen LogP contribution in [0.1, 0.15) is 15.9 Å². The van der Waals surface area contributed by atoms with E-state index in [1.54, 1.807) is 54.6 Å². The van der Waals surface area contributed by atoms with Gasteiger partial charge in [-0.2, -0.15) is 0 Å². The number of nitrogens with zero attached hydrogens (tertiary/aromatic N) is 1. The van der Waals surface area contributed by atoms with Gasteiger partial charge in [-0.05, 0) is 24.3 Å². The molecule has 8 nitrogen and oxygen atoms in total. The number of carbonyl (C=O) groups excluding carboxylic acids is 2. The fourth-order valence-electron chi connectivity index (χ4n) is 2.75. The number of nitro benzene ring substituents is 1. The van der Waals surface area contributed by atoms with E-state index in [1.165, 1.54) is 25.3 Å². The molecule has 0 aliphatic rings. The van der Waals surface area contributed by atoms with Gasteiger partial charge in [-0.15, -0.1) is 0 Å². The number of para-hydroxylation sites is 1. The third-order valence-corrected chi connectivity index (χ3v) is 4.20. The number of anilines is 1. The smallest absolute Gasteiger partial charge is 0.314 e. The number of hydrogen-bond acceptors (Lipinski definition) is 6. The number of nitrogens with one attached hydrogen (secondary N) is 1. The summed E-state index contributed by atoms with van der Waals surface area (Å²) in [4.78, 5) is 35.7. The molecular formula is C22H18N2O6. The average molecular weight is 406 g/mol. The van der Waals surface area contributed by atoms with Crippen LogP contribution in [-0.2, 0) is 4.79 Å². The zero-order chi connectivity index (χ0) is 21.5. The van der Waals surface area contributed by atoms with E-state index in [-0.39, 0.29) is 17.2 Å². The predicted molar refractivity (Wildman–Crippen MR) is 110 cm³/mol. The van der Waals surface area contributed by atoms with Crippen molar-refractivity contribution in [3.8, 4) is 11.5 Å². The number of methoxy groups -OCH3 is 1. The van der Waals surface area contributed by atoms with E-state index in [0.29, 0.717) is 22.6 Å². The first-order valence-corrected chi connectivity index (χ1v) is 8.93. The quantitative estimate of drug-likeness (QED) is 0.346.